The summed E-state index contributed by atoms with van der Waals surface area (Å²) in [6, 6.07) is 12.4. The van der Waals surface area contributed by atoms with E-state index in [1.807, 2.05) is 12.1 Å². The van der Waals surface area contributed by atoms with Gasteiger partial charge in [0.2, 0.25) is 0 Å². The second-order valence-electron chi connectivity index (χ2n) is 7.12. The highest BCUT2D eigenvalue weighted by Gasteiger charge is 2.38. The molecular formula is C21H21Cl2F3N2O4. The van der Waals surface area contributed by atoms with Gasteiger partial charge in [0.1, 0.15) is 5.75 Å². The highest BCUT2D eigenvalue weighted by Crippen LogP contribution is 2.23. The zero-order valence-electron chi connectivity index (χ0n) is 16.7. The SMILES string of the molecule is O=C(NC1CCN(Cc2ccc(O)cc2)CC1)c1ccc(Cl)c(Cl)c1.O=C(O)C(F)(F)F. The summed E-state index contributed by atoms with van der Waals surface area (Å²) >= 11 is 11.9. The predicted octanol–water partition coefficient (Wildman–Crippen LogP) is 4.73. The molecule has 0 radical (unpaired) electrons. The van der Waals surface area contributed by atoms with E-state index in [0.29, 0.717) is 15.6 Å². The number of nitrogens with zero attached hydrogens (tertiary/aromatic N) is 1. The maximum Gasteiger partial charge on any atom is 0.490 e. The molecule has 0 bridgehead atoms. The summed E-state index contributed by atoms with van der Waals surface area (Å²) < 4.78 is 31.7. The van der Waals surface area contributed by atoms with Crippen LogP contribution in [0.4, 0.5) is 13.2 Å². The van der Waals surface area contributed by atoms with E-state index in [0.717, 1.165) is 32.5 Å². The Morgan fingerprint density at radius 1 is 1.03 bits per heavy atom. The first kappa shape index (κ1) is 25.8. The number of halogens is 5. The number of phenols is 1. The minimum absolute atomic E-state index is 0.115. The van der Waals surface area contributed by atoms with Crippen LogP contribution in [-0.2, 0) is 11.3 Å². The number of alkyl halides is 3. The molecule has 2 aromatic carbocycles. The van der Waals surface area contributed by atoms with Crippen LogP contribution in [0.3, 0.4) is 0 Å². The van der Waals surface area contributed by atoms with Crippen molar-refractivity contribution in [1.29, 1.82) is 0 Å². The molecule has 0 saturated carbocycles. The number of aromatic hydroxyl groups is 1. The molecule has 0 aromatic heterocycles. The standard InChI is InChI=1S/C19H20Cl2N2O2.C2HF3O2/c20-17-6-3-14(11-18(17)21)19(25)22-15-7-9-23(10-8-15)12-13-1-4-16(24)5-2-13;3-2(4,5)1(6)7/h1-6,11,15,24H,7-10,12H2,(H,22,25);(H,6,7). The molecule has 0 atom stereocenters. The van der Waals surface area contributed by atoms with Gasteiger partial charge in [-0.2, -0.15) is 13.2 Å². The van der Waals surface area contributed by atoms with Gasteiger partial charge < -0.3 is 15.5 Å². The lowest BCUT2D eigenvalue weighted by Gasteiger charge is -2.32. The highest BCUT2D eigenvalue weighted by atomic mass is 35.5. The van der Waals surface area contributed by atoms with Crippen molar-refractivity contribution in [3.05, 3.63) is 63.6 Å². The second kappa shape index (κ2) is 11.4. The number of carbonyl (C=O) groups is 2. The molecule has 174 valence electrons. The zero-order valence-corrected chi connectivity index (χ0v) is 18.2. The van der Waals surface area contributed by atoms with Crippen LogP contribution >= 0.6 is 23.2 Å². The largest absolute Gasteiger partial charge is 0.508 e. The fourth-order valence-electron chi connectivity index (χ4n) is 3.00. The topological polar surface area (TPSA) is 89.9 Å². The zero-order chi connectivity index (χ0) is 23.9. The lowest BCUT2D eigenvalue weighted by Crippen LogP contribution is -2.44. The summed E-state index contributed by atoms with van der Waals surface area (Å²) in [6.07, 6.45) is -3.27. The quantitative estimate of drug-likeness (QED) is 0.574. The van der Waals surface area contributed by atoms with Crippen molar-refractivity contribution in [2.24, 2.45) is 0 Å². The first-order chi connectivity index (χ1) is 15.0. The van der Waals surface area contributed by atoms with E-state index >= 15 is 0 Å². The van der Waals surface area contributed by atoms with Gasteiger partial charge in [0, 0.05) is 31.2 Å². The van der Waals surface area contributed by atoms with Gasteiger partial charge in [0.25, 0.3) is 5.91 Å². The first-order valence-corrected chi connectivity index (χ1v) is 10.3. The average Bonchev–Trinajstić information content (AvgIpc) is 2.73. The number of carbonyl (C=O) groups excluding carboxylic acids is 1. The van der Waals surface area contributed by atoms with E-state index in [2.05, 4.69) is 10.2 Å². The van der Waals surface area contributed by atoms with Crippen molar-refractivity contribution in [1.82, 2.24) is 10.2 Å². The number of benzene rings is 2. The number of hydrogen-bond donors (Lipinski definition) is 3. The van der Waals surface area contributed by atoms with E-state index in [1.165, 1.54) is 5.56 Å². The molecule has 0 aliphatic carbocycles. The fourth-order valence-corrected chi connectivity index (χ4v) is 3.30. The number of rotatable bonds is 4. The van der Waals surface area contributed by atoms with Gasteiger partial charge in [-0.15, -0.1) is 0 Å². The Labute approximate surface area is 192 Å². The molecule has 1 aliphatic rings. The number of phenolic OH excluding ortho intramolecular Hbond substituents is 1. The van der Waals surface area contributed by atoms with E-state index < -0.39 is 12.1 Å². The van der Waals surface area contributed by atoms with Crippen LogP contribution in [0.1, 0.15) is 28.8 Å². The van der Waals surface area contributed by atoms with Gasteiger partial charge in [-0.05, 0) is 48.7 Å². The Hall–Kier alpha value is -2.49. The molecule has 3 N–H and O–H groups in total. The van der Waals surface area contributed by atoms with E-state index in [1.54, 1.807) is 30.3 Å². The molecule has 1 aliphatic heterocycles. The number of likely N-dealkylation sites (tertiary alicyclic amines) is 1. The summed E-state index contributed by atoms with van der Waals surface area (Å²) in [7, 11) is 0. The van der Waals surface area contributed by atoms with Crippen molar-refractivity contribution in [2.45, 2.75) is 31.6 Å². The molecule has 1 amide bonds. The van der Waals surface area contributed by atoms with Crippen LogP contribution in [0.15, 0.2) is 42.5 Å². The Morgan fingerprint density at radius 3 is 2.09 bits per heavy atom. The molecule has 0 unspecified atom stereocenters. The summed E-state index contributed by atoms with van der Waals surface area (Å²) in [6.45, 7) is 2.70. The fraction of sp³-hybridized carbons (Fsp3) is 0.333. The maximum absolute atomic E-state index is 12.3. The number of hydrogen-bond acceptors (Lipinski definition) is 4. The van der Waals surface area contributed by atoms with Crippen molar-refractivity contribution in [2.75, 3.05) is 13.1 Å². The number of piperidine rings is 1. The predicted molar refractivity (Wildman–Crippen MR) is 114 cm³/mol. The van der Waals surface area contributed by atoms with E-state index in [4.69, 9.17) is 33.1 Å². The molecule has 1 fully saturated rings. The van der Waals surface area contributed by atoms with Crippen LogP contribution < -0.4 is 5.32 Å². The van der Waals surface area contributed by atoms with E-state index in [-0.39, 0.29) is 17.7 Å². The molecule has 0 spiro atoms. The monoisotopic (exact) mass is 492 g/mol. The smallest absolute Gasteiger partial charge is 0.490 e. The van der Waals surface area contributed by atoms with Crippen molar-refractivity contribution < 1.29 is 33.0 Å². The van der Waals surface area contributed by atoms with Crippen LogP contribution in [0.5, 0.6) is 5.75 Å². The second-order valence-corrected chi connectivity index (χ2v) is 7.94. The Bertz CT molecular complexity index is 932. The first-order valence-electron chi connectivity index (χ1n) is 9.52. The third kappa shape index (κ3) is 8.22. The molecule has 2 aromatic rings. The summed E-state index contributed by atoms with van der Waals surface area (Å²) in [5, 5.41) is 20.4. The number of aliphatic carboxylic acids is 1. The molecule has 11 heteroatoms. The Balaban J connectivity index is 0.000000451. The lowest BCUT2D eigenvalue weighted by atomic mass is 10.0. The minimum atomic E-state index is -5.08. The molecule has 1 heterocycles. The van der Waals surface area contributed by atoms with Gasteiger partial charge in [-0.1, -0.05) is 35.3 Å². The van der Waals surface area contributed by atoms with E-state index in [9.17, 15) is 23.1 Å². The summed E-state index contributed by atoms with van der Waals surface area (Å²) in [4.78, 5) is 23.6. The van der Waals surface area contributed by atoms with Crippen molar-refractivity contribution in [3.63, 3.8) is 0 Å². The van der Waals surface area contributed by atoms with Crippen LogP contribution in [0.2, 0.25) is 10.0 Å². The molecule has 3 rings (SSSR count). The highest BCUT2D eigenvalue weighted by molar-refractivity contribution is 6.42. The maximum atomic E-state index is 12.3. The van der Waals surface area contributed by atoms with Gasteiger partial charge in [-0.3, -0.25) is 9.69 Å². The third-order valence-electron chi connectivity index (χ3n) is 4.69. The van der Waals surface area contributed by atoms with Crippen LogP contribution in [-0.4, -0.2) is 52.3 Å². The van der Waals surface area contributed by atoms with Crippen molar-refractivity contribution >= 4 is 35.1 Å². The van der Waals surface area contributed by atoms with Gasteiger partial charge in [-0.25, -0.2) is 4.79 Å². The van der Waals surface area contributed by atoms with Gasteiger partial charge in [0.05, 0.1) is 10.0 Å². The number of carboxylic acids is 1. The van der Waals surface area contributed by atoms with Crippen LogP contribution in [0.25, 0.3) is 0 Å². The normalized spacial score (nSPS) is 14.9. The molecule has 32 heavy (non-hydrogen) atoms. The van der Waals surface area contributed by atoms with Crippen LogP contribution in [0, 0.1) is 0 Å². The number of carboxylic acid groups (broad SMARTS) is 1. The molecular weight excluding hydrogens is 472 g/mol. The summed E-state index contributed by atoms with van der Waals surface area (Å²) in [5.74, 6) is -2.59. The molecule has 1 saturated heterocycles. The lowest BCUT2D eigenvalue weighted by molar-refractivity contribution is -0.192. The summed E-state index contributed by atoms with van der Waals surface area (Å²) in [5.41, 5.74) is 1.71. The van der Waals surface area contributed by atoms with Crippen molar-refractivity contribution in [3.8, 4) is 5.75 Å². The average molecular weight is 493 g/mol. The third-order valence-corrected chi connectivity index (χ3v) is 5.43. The van der Waals surface area contributed by atoms with Gasteiger partial charge >= 0.3 is 12.1 Å². The molecule has 6 nitrogen and oxygen atoms in total. The van der Waals surface area contributed by atoms with Gasteiger partial charge in [0.15, 0.2) is 0 Å². The Morgan fingerprint density at radius 2 is 1.59 bits per heavy atom. The number of amides is 1. The minimum Gasteiger partial charge on any atom is -0.508 e. The number of nitrogens with one attached hydrogen (secondary N) is 1. The Kier molecular flexibility index (Phi) is 9.18.